The maximum atomic E-state index is 12.0. The van der Waals surface area contributed by atoms with E-state index in [2.05, 4.69) is 23.1 Å². The topological polar surface area (TPSA) is 70.2 Å². The number of nitrogens with zero attached hydrogens (tertiary/aromatic N) is 3. The number of carbonyl (C=O) groups is 1. The van der Waals surface area contributed by atoms with Gasteiger partial charge in [0, 0.05) is 29.7 Å². The maximum Gasteiger partial charge on any atom is 0.246 e. The van der Waals surface area contributed by atoms with Gasteiger partial charge in [-0.05, 0) is 25.3 Å². The number of fused-ring (bicyclic) bond motifs is 1. The van der Waals surface area contributed by atoms with Gasteiger partial charge in [-0.2, -0.15) is 4.98 Å². The third-order valence-electron chi connectivity index (χ3n) is 4.83. The van der Waals surface area contributed by atoms with E-state index in [4.69, 9.17) is 9.26 Å². The Bertz CT molecular complexity index is 919. The van der Waals surface area contributed by atoms with Crippen LogP contribution >= 0.6 is 0 Å². The monoisotopic (exact) mass is 339 g/mol. The summed E-state index contributed by atoms with van der Waals surface area (Å²) in [5, 5.41) is 5.09. The number of aryl methyl sites for hydroxylation is 1. The van der Waals surface area contributed by atoms with Gasteiger partial charge in [0.15, 0.2) is 11.6 Å². The Morgan fingerprint density at radius 3 is 3.00 bits per heavy atom. The second kappa shape index (κ2) is 6.44. The van der Waals surface area contributed by atoms with Crippen molar-refractivity contribution >= 4 is 16.7 Å². The second-order valence-corrected chi connectivity index (χ2v) is 6.50. The van der Waals surface area contributed by atoms with E-state index in [1.807, 2.05) is 22.9 Å². The van der Waals surface area contributed by atoms with Gasteiger partial charge in [0.1, 0.15) is 6.54 Å². The van der Waals surface area contributed by atoms with Crippen molar-refractivity contribution in [3.63, 3.8) is 0 Å². The molecule has 4 rings (SSSR count). The van der Waals surface area contributed by atoms with E-state index in [-0.39, 0.29) is 11.7 Å². The SMILES string of the molecule is CCc1cccc2c(C(C)=O)cn(Cc3nc([C@H]4CCOC4)no3)c12. The van der Waals surface area contributed by atoms with Crippen molar-refractivity contribution in [2.45, 2.75) is 39.2 Å². The summed E-state index contributed by atoms with van der Waals surface area (Å²) in [6.07, 6.45) is 3.72. The van der Waals surface area contributed by atoms with Crippen molar-refractivity contribution in [3.8, 4) is 0 Å². The summed E-state index contributed by atoms with van der Waals surface area (Å²) in [5.41, 5.74) is 3.00. The minimum Gasteiger partial charge on any atom is -0.381 e. The van der Waals surface area contributed by atoms with Gasteiger partial charge in [-0.25, -0.2) is 0 Å². The molecule has 0 spiro atoms. The third kappa shape index (κ3) is 2.87. The summed E-state index contributed by atoms with van der Waals surface area (Å²) >= 11 is 0. The zero-order valence-electron chi connectivity index (χ0n) is 14.5. The predicted molar refractivity (Wildman–Crippen MR) is 92.9 cm³/mol. The number of aromatic nitrogens is 3. The number of Topliss-reactive ketones (excluding diaryl/α,β-unsaturated/α-hetero) is 1. The molecule has 25 heavy (non-hydrogen) atoms. The normalized spacial score (nSPS) is 17.4. The molecule has 0 amide bonds. The van der Waals surface area contributed by atoms with Gasteiger partial charge in [-0.15, -0.1) is 0 Å². The molecule has 0 unspecified atom stereocenters. The Morgan fingerprint density at radius 2 is 2.28 bits per heavy atom. The number of hydrogen-bond acceptors (Lipinski definition) is 5. The molecule has 3 aromatic rings. The van der Waals surface area contributed by atoms with Crippen LogP contribution in [0.5, 0.6) is 0 Å². The van der Waals surface area contributed by atoms with Crippen molar-refractivity contribution in [3.05, 3.63) is 47.2 Å². The molecule has 3 heterocycles. The first kappa shape index (κ1) is 16.0. The predicted octanol–water partition coefficient (Wildman–Crippen LogP) is 3.34. The van der Waals surface area contributed by atoms with Gasteiger partial charge >= 0.3 is 0 Å². The Morgan fingerprint density at radius 1 is 1.40 bits per heavy atom. The van der Waals surface area contributed by atoms with Crippen LogP contribution in [0.3, 0.4) is 0 Å². The van der Waals surface area contributed by atoms with E-state index in [0.717, 1.165) is 35.9 Å². The van der Waals surface area contributed by atoms with Gasteiger partial charge in [0.2, 0.25) is 5.89 Å². The molecule has 6 nitrogen and oxygen atoms in total. The maximum absolute atomic E-state index is 12.0. The Balaban J connectivity index is 1.72. The van der Waals surface area contributed by atoms with Gasteiger partial charge in [0.25, 0.3) is 0 Å². The molecule has 0 bridgehead atoms. The molecule has 1 atom stereocenters. The summed E-state index contributed by atoms with van der Waals surface area (Å²) in [7, 11) is 0. The van der Waals surface area contributed by atoms with Gasteiger partial charge in [0.05, 0.1) is 12.1 Å². The molecule has 1 saturated heterocycles. The molecule has 1 aromatic carbocycles. The lowest BCUT2D eigenvalue weighted by Gasteiger charge is -2.06. The first-order valence-corrected chi connectivity index (χ1v) is 8.69. The van der Waals surface area contributed by atoms with E-state index in [1.54, 1.807) is 6.92 Å². The first-order chi connectivity index (χ1) is 12.2. The molecule has 6 heteroatoms. The minimum absolute atomic E-state index is 0.0614. The van der Waals surface area contributed by atoms with Crippen molar-refractivity contribution in [2.75, 3.05) is 13.2 Å². The summed E-state index contributed by atoms with van der Waals surface area (Å²) < 4.78 is 12.9. The standard InChI is InChI=1S/C19H21N3O3/c1-3-13-5-4-6-15-16(12(2)23)9-22(18(13)15)10-17-20-19(21-25-17)14-7-8-24-11-14/h4-6,9,14H,3,7-8,10-11H2,1-2H3/t14-/m0/s1. The van der Waals surface area contributed by atoms with E-state index in [9.17, 15) is 4.79 Å². The van der Waals surface area contributed by atoms with E-state index < -0.39 is 0 Å². The summed E-state index contributed by atoms with van der Waals surface area (Å²) in [6, 6.07) is 6.09. The second-order valence-electron chi connectivity index (χ2n) is 6.50. The Labute approximate surface area is 145 Å². The highest BCUT2D eigenvalue weighted by molar-refractivity contribution is 6.07. The average Bonchev–Trinajstić information content (AvgIpc) is 3.34. The Kier molecular flexibility index (Phi) is 4.13. The fourth-order valence-corrected chi connectivity index (χ4v) is 3.51. The van der Waals surface area contributed by atoms with Crippen molar-refractivity contribution in [1.82, 2.24) is 14.7 Å². The molecule has 1 aliphatic heterocycles. The van der Waals surface area contributed by atoms with Crippen LogP contribution in [0.1, 0.15) is 53.8 Å². The fraction of sp³-hybridized carbons (Fsp3) is 0.421. The zero-order chi connectivity index (χ0) is 17.4. The smallest absolute Gasteiger partial charge is 0.246 e. The van der Waals surface area contributed by atoms with Crippen LogP contribution in [-0.2, 0) is 17.7 Å². The first-order valence-electron chi connectivity index (χ1n) is 8.69. The molecule has 130 valence electrons. The Hall–Kier alpha value is -2.47. The number of benzene rings is 1. The quantitative estimate of drug-likeness (QED) is 0.667. The van der Waals surface area contributed by atoms with Crippen LogP contribution < -0.4 is 0 Å². The van der Waals surface area contributed by atoms with Crippen LogP contribution in [0.2, 0.25) is 0 Å². The molecule has 2 aromatic heterocycles. The highest BCUT2D eigenvalue weighted by Crippen LogP contribution is 2.27. The van der Waals surface area contributed by atoms with Crippen molar-refractivity contribution < 1.29 is 14.1 Å². The van der Waals surface area contributed by atoms with E-state index >= 15 is 0 Å². The molecular weight excluding hydrogens is 318 g/mol. The van der Waals surface area contributed by atoms with Crippen LogP contribution in [0.15, 0.2) is 28.9 Å². The van der Waals surface area contributed by atoms with Crippen molar-refractivity contribution in [1.29, 1.82) is 0 Å². The average molecular weight is 339 g/mol. The highest BCUT2D eigenvalue weighted by Gasteiger charge is 2.23. The summed E-state index contributed by atoms with van der Waals surface area (Å²) in [4.78, 5) is 16.6. The number of para-hydroxylation sites is 1. The molecule has 0 aliphatic carbocycles. The van der Waals surface area contributed by atoms with Gasteiger partial charge < -0.3 is 13.8 Å². The number of rotatable bonds is 5. The molecular formula is C19H21N3O3. The lowest BCUT2D eigenvalue weighted by atomic mass is 10.1. The summed E-state index contributed by atoms with van der Waals surface area (Å²) in [5.74, 6) is 1.55. The van der Waals surface area contributed by atoms with E-state index in [0.29, 0.717) is 24.9 Å². The van der Waals surface area contributed by atoms with E-state index in [1.165, 1.54) is 5.56 Å². The fourth-order valence-electron chi connectivity index (χ4n) is 3.51. The zero-order valence-corrected chi connectivity index (χ0v) is 14.5. The van der Waals surface area contributed by atoms with Crippen LogP contribution in [0, 0.1) is 0 Å². The molecule has 1 aliphatic rings. The van der Waals surface area contributed by atoms with Crippen molar-refractivity contribution in [2.24, 2.45) is 0 Å². The van der Waals surface area contributed by atoms with Gasteiger partial charge in [-0.1, -0.05) is 30.3 Å². The number of ether oxygens (including phenoxy) is 1. The van der Waals surface area contributed by atoms with Gasteiger partial charge in [-0.3, -0.25) is 4.79 Å². The number of hydrogen-bond donors (Lipinski definition) is 0. The molecule has 0 N–H and O–H groups in total. The largest absolute Gasteiger partial charge is 0.381 e. The third-order valence-corrected chi connectivity index (χ3v) is 4.83. The molecule has 0 saturated carbocycles. The minimum atomic E-state index is 0.0614. The lowest BCUT2D eigenvalue weighted by Crippen LogP contribution is -2.03. The molecule has 1 fully saturated rings. The number of carbonyl (C=O) groups excluding carboxylic acids is 1. The lowest BCUT2D eigenvalue weighted by molar-refractivity contribution is 0.101. The van der Waals surface area contributed by atoms with Crippen LogP contribution in [0.4, 0.5) is 0 Å². The summed E-state index contributed by atoms with van der Waals surface area (Å²) in [6.45, 7) is 5.58. The highest BCUT2D eigenvalue weighted by atomic mass is 16.5. The van der Waals surface area contributed by atoms with Crippen LogP contribution in [-0.4, -0.2) is 33.7 Å². The number of ketones is 1. The van der Waals surface area contributed by atoms with Crippen LogP contribution in [0.25, 0.3) is 10.9 Å². The molecule has 0 radical (unpaired) electrons.